The summed E-state index contributed by atoms with van der Waals surface area (Å²) in [6.07, 6.45) is 0. The summed E-state index contributed by atoms with van der Waals surface area (Å²) in [5, 5.41) is 0. The average Bonchev–Trinajstić information content (AvgIpc) is 2.96. The predicted molar refractivity (Wildman–Crippen MR) is 140 cm³/mol. The second kappa shape index (κ2) is 11.7. The number of hydrogen-bond acceptors (Lipinski definition) is 5. The molecule has 0 N–H and O–H groups in total. The summed E-state index contributed by atoms with van der Waals surface area (Å²) in [6, 6.07) is 30.6. The van der Waals surface area contributed by atoms with Gasteiger partial charge in [0.2, 0.25) is 0 Å². The van der Waals surface area contributed by atoms with Crippen LogP contribution in [-0.4, -0.2) is 48.5 Å². The smallest absolute Gasteiger partial charge is 0.338 e. The molecule has 6 nitrogen and oxygen atoms in total. The third-order valence-corrected chi connectivity index (χ3v) is 5.87. The van der Waals surface area contributed by atoms with E-state index in [9.17, 15) is 19.2 Å². The molecule has 184 valence electrons. The zero-order valence-electron chi connectivity index (χ0n) is 20.3. The lowest BCUT2D eigenvalue weighted by Crippen LogP contribution is -2.32. The number of ether oxygens (including phenoxy) is 1. The molecule has 0 saturated heterocycles. The minimum atomic E-state index is -0.652. The van der Waals surface area contributed by atoms with Crippen LogP contribution in [0, 0.1) is 0 Å². The Morgan fingerprint density at radius 1 is 0.568 bits per heavy atom. The van der Waals surface area contributed by atoms with Crippen LogP contribution in [0.15, 0.2) is 109 Å². The molecule has 0 saturated carbocycles. The highest BCUT2D eigenvalue weighted by Crippen LogP contribution is 2.18. The molecule has 0 heterocycles. The highest BCUT2D eigenvalue weighted by molar-refractivity contribution is 6.15. The largest absolute Gasteiger partial charge is 0.460 e. The molecule has 0 aliphatic carbocycles. The summed E-state index contributed by atoms with van der Waals surface area (Å²) < 4.78 is 5.41. The maximum atomic E-state index is 13.1. The summed E-state index contributed by atoms with van der Waals surface area (Å²) in [5.41, 5.74) is 1.93. The van der Waals surface area contributed by atoms with E-state index >= 15 is 0 Å². The number of rotatable bonds is 9. The number of likely N-dealkylation sites (N-methyl/N-ethyl adjacent to an activating group) is 1. The first kappa shape index (κ1) is 25.3. The van der Waals surface area contributed by atoms with Crippen LogP contribution in [0.3, 0.4) is 0 Å². The Morgan fingerprint density at radius 3 is 1.49 bits per heavy atom. The van der Waals surface area contributed by atoms with Crippen molar-refractivity contribution < 1.29 is 23.9 Å². The van der Waals surface area contributed by atoms with Gasteiger partial charge in [0.05, 0.1) is 17.7 Å². The van der Waals surface area contributed by atoms with Crippen molar-refractivity contribution in [1.29, 1.82) is 0 Å². The normalized spacial score (nSPS) is 10.4. The Morgan fingerprint density at radius 2 is 0.973 bits per heavy atom. The molecule has 0 unspecified atom stereocenters. The molecule has 0 spiro atoms. The molecular formula is C31H25NO5. The number of ketones is 2. The van der Waals surface area contributed by atoms with Gasteiger partial charge in [0.25, 0.3) is 5.91 Å². The molecule has 0 aliphatic rings. The monoisotopic (exact) mass is 491 g/mol. The standard InChI is InChI=1S/C31H25NO5/c1-32(30(35)26-18-10-8-16-24(26)28(33)22-12-4-2-5-13-22)20-21-37-31(36)27-19-11-9-17-25(27)29(34)23-14-6-3-7-15-23/h2-19H,20-21H2,1H3. The molecule has 0 fully saturated rings. The van der Waals surface area contributed by atoms with Gasteiger partial charge in [-0.3, -0.25) is 14.4 Å². The Labute approximate surface area is 215 Å². The van der Waals surface area contributed by atoms with Crippen molar-refractivity contribution in [3.8, 4) is 0 Å². The first-order chi connectivity index (χ1) is 18.0. The van der Waals surface area contributed by atoms with Crippen LogP contribution in [0.4, 0.5) is 0 Å². The highest BCUT2D eigenvalue weighted by atomic mass is 16.5. The Balaban J connectivity index is 1.42. The second-order valence-corrected chi connectivity index (χ2v) is 8.34. The van der Waals surface area contributed by atoms with Gasteiger partial charge in [0.1, 0.15) is 6.61 Å². The fourth-order valence-electron chi connectivity index (χ4n) is 3.88. The number of benzene rings is 4. The van der Waals surface area contributed by atoms with E-state index in [1.807, 2.05) is 12.1 Å². The number of esters is 1. The Kier molecular flexibility index (Phi) is 8.01. The van der Waals surface area contributed by atoms with Gasteiger partial charge < -0.3 is 9.64 Å². The van der Waals surface area contributed by atoms with Crippen LogP contribution < -0.4 is 0 Å². The van der Waals surface area contributed by atoms with Gasteiger partial charge in [-0.25, -0.2) is 4.79 Å². The average molecular weight is 492 g/mol. The van der Waals surface area contributed by atoms with E-state index in [1.54, 1.807) is 104 Å². The van der Waals surface area contributed by atoms with E-state index in [4.69, 9.17) is 4.74 Å². The fourth-order valence-corrected chi connectivity index (χ4v) is 3.88. The molecule has 1 amide bonds. The summed E-state index contributed by atoms with van der Waals surface area (Å²) in [7, 11) is 1.58. The number of carbonyl (C=O) groups excluding carboxylic acids is 4. The van der Waals surface area contributed by atoms with Gasteiger partial charge in [0.15, 0.2) is 11.6 Å². The minimum absolute atomic E-state index is 0.0796. The number of nitrogens with zero attached hydrogens (tertiary/aromatic N) is 1. The van der Waals surface area contributed by atoms with E-state index in [1.165, 1.54) is 4.90 Å². The molecule has 0 bridgehead atoms. The third kappa shape index (κ3) is 5.87. The quantitative estimate of drug-likeness (QED) is 0.241. The van der Waals surface area contributed by atoms with Crippen LogP contribution >= 0.6 is 0 Å². The minimum Gasteiger partial charge on any atom is -0.460 e. The van der Waals surface area contributed by atoms with Gasteiger partial charge in [-0.1, -0.05) is 97.1 Å². The molecule has 0 radical (unpaired) electrons. The van der Waals surface area contributed by atoms with Crippen LogP contribution in [-0.2, 0) is 4.74 Å². The third-order valence-electron chi connectivity index (χ3n) is 5.87. The summed E-state index contributed by atoms with van der Waals surface area (Å²) in [5.74, 6) is -1.54. The van der Waals surface area contributed by atoms with Crippen LogP contribution in [0.2, 0.25) is 0 Å². The molecule has 4 aromatic rings. The van der Waals surface area contributed by atoms with Gasteiger partial charge in [0, 0.05) is 29.3 Å². The van der Waals surface area contributed by atoms with E-state index in [2.05, 4.69) is 0 Å². The Bertz CT molecular complexity index is 1430. The highest BCUT2D eigenvalue weighted by Gasteiger charge is 2.22. The first-order valence-corrected chi connectivity index (χ1v) is 11.8. The summed E-state index contributed by atoms with van der Waals surface area (Å²) >= 11 is 0. The molecular weight excluding hydrogens is 466 g/mol. The molecule has 0 aliphatic heterocycles. The van der Waals surface area contributed by atoms with Gasteiger partial charge in [-0.15, -0.1) is 0 Å². The van der Waals surface area contributed by atoms with Gasteiger partial charge >= 0.3 is 5.97 Å². The molecule has 0 aromatic heterocycles. The zero-order valence-corrected chi connectivity index (χ0v) is 20.3. The maximum absolute atomic E-state index is 13.1. The van der Waals surface area contributed by atoms with E-state index < -0.39 is 5.97 Å². The summed E-state index contributed by atoms with van der Waals surface area (Å²) in [4.78, 5) is 53.2. The van der Waals surface area contributed by atoms with Crippen molar-refractivity contribution >= 4 is 23.4 Å². The van der Waals surface area contributed by atoms with Crippen LogP contribution in [0.25, 0.3) is 0 Å². The molecule has 0 atom stereocenters. The molecule has 6 heteroatoms. The van der Waals surface area contributed by atoms with Crippen molar-refractivity contribution in [2.75, 3.05) is 20.2 Å². The van der Waals surface area contributed by atoms with E-state index in [0.29, 0.717) is 16.7 Å². The number of amides is 1. The van der Waals surface area contributed by atoms with E-state index in [-0.39, 0.29) is 47.3 Å². The molecule has 4 rings (SSSR count). The fraction of sp³-hybridized carbons (Fsp3) is 0.0968. The lowest BCUT2D eigenvalue weighted by molar-refractivity contribution is 0.0450. The van der Waals surface area contributed by atoms with Crippen molar-refractivity contribution in [1.82, 2.24) is 4.90 Å². The van der Waals surface area contributed by atoms with Gasteiger partial charge in [-0.05, 0) is 12.1 Å². The second-order valence-electron chi connectivity index (χ2n) is 8.34. The molecule has 4 aromatic carbocycles. The van der Waals surface area contributed by atoms with Crippen molar-refractivity contribution in [2.45, 2.75) is 0 Å². The number of carbonyl (C=O) groups is 4. The van der Waals surface area contributed by atoms with Crippen LogP contribution in [0.1, 0.15) is 52.6 Å². The van der Waals surface area contributed by atoms with Crippen molar-refractivity contribution in [3.05, 3.63) is 143 Å². The van der Waals surface area contributed by atoms with Gasteiger partial charge in [-0.2, -0.15) is 0 Å². The summed E-state index contributed by atoms with van der Waals surface area (Å²) in [6.45, 7) is 0.0248. The maximum Gasteiger partial charge on any atom is 0.338 e. The Hall–Kier alpha value is -4.84. The molecule has 37 heavy (non-hydrogen) atoms. The zero-order chi connectivity index (χ0) is 26.2. The topological polar surface area (TPSA) is 80.8 Å². The predicted octanol–water partition coefficient (Wildman–Crippen LogP) is 5.08. The lowest BCUT2D eigenvalue weighted by Gasteiger charge is -2.19. The van der Waals surface area contributed by atoms with E-state index in [0.717, 1.165) is 0 Å². The SMILES string of the molecule is CN(CCOC(=O)c1ccccc1C(=O)c1ccccc1)C(=O)c1ccccc1C(=O)c1ccccc1. The first-order valence-electron chi connectivity index (χ1n) is 11.8. The lowest BCUT2D eigenvalue weighted by atomic mass is 9.97. The van der Waals surface area contributed by atoms with Crippen molar-refractivity contribution in [2.24, 2.45) is 0 Å². The van der Waals surface area contributed by atoms with Crippen molar-refractivity contribution in [3.63, 3.8) is 0 Å². The van der Waals surface area contributed by atoms with Crippen LogP contribution in [0.5, 0.6) is 0 Å². The number of hydrogen-bond donors (Lipinski definition) is 0.